The van der Waals surface area contributed by atoms with E-state index < -0.39 is 0 Å². The molecule has 0 radical (unpaired) electrons. The van der Waals surface area contributed by atoms with E-state index in [1.54, 1.807) is 48.7 Å². The highest BCUT2D eigenvalue weighted by molar-refractivity contribution is 6.30. The Kier molecular flexibility index (Phi) is 5.26. The number of aromatic nitrogens is 1. The van der Waals surface area contributed by atoms with E-state index in [1.807, 2.05) is 6.07 Å². The second-order valence-electron chi connectivity index (χ2n) is 5.37. The van der Waals surface area contributed by atoms with Crippen molar-refractivity contribution >= 4 is 29.0 Å². The molecule has 1 aromatic heterocycles. The van der Waals surface area contributed by atoms with E-state index in [2.05, 4.69) is 15.6 Å². The molecule has 0 aliphatic carbocycles. The van der Waals surface area contributed by atoms with E-state index in [9.17, 15) is 9.18 Å². The van der Waals surface area contributed by atoms with Crippen molar-refractivity contribution in [3.63, 3.8) is 0 Å². The van der Waals surface area contributed by atoms with Crippen molar-refractivity contribution in [2.45, 2.75) is 6.54 Å². The molecule has 0 spiro atoms. The van der Waals surface area contributed by atoms with Crippen LogP contribution in [0.3, 0.4) is 0 Å². The van der Waals surface area contributed by atoms with Gasteiger partial charge in [0.1, 0.15) is 11.6 Å². The summed E-state index contributed by atoms with van der Waals surface area (Å²) < 4.78 is 12.9. The Balaban J connectivity index is 1.57. The third-order valence-corrected chi connectivity index (χ3v) is 3.77. The lowest BCUT2D eigenvalue weighted by molar-refractivity contribution is 0.102. The summed E-state index contributed by atoms with van der Waals surface area (Å²) in [6.45, 7) is 0.554. The van der Waals surface area contributed by atoms with Gasteiger partial charge in [-0.3, -0.25) is 4.79 Å². The molecule has 4 nitrogen and oxygen atoms in total. The smallest absolute Gasteiger partial charge is 0.256 e. The number of carbonyl (C=O) groups is 1. The summed E-state index contributed by atoms with van der Waals surface area (Å²) in [4.78, 5) is 16.3. The molecule has 0 saturated carbocycles. The SMILES string of the molecule is O=C(Nc1ccc(NCc2ccc(F)cc2)cn1)c1ccc(Cl)cc1. The number of benzene rings is 2. The van der Waals surface area contributed by atoms with Crippen LogP contribution in [0, 0.1) is 5.82 Å². The summed E-state index contributed by atoms with van der Waals surface area (Å²) in [5.74, 6) is -0.0605. The standard InChI is InChI=1S/C19H15ClFN3O/c20-15-5-3-14(4-6-15)19(25)24-18-10-9-17(12-23-18)22-11-13-1-7-16(21)8-2-13/h1-10,12,22H,11H2,(H,23,24,25). The first-order valence-electron chi connectivity index (χ1n) is 7.61. The molecule has 0 bridgehead atoms. The van der Waals surface area contributed by atoms with Crippen LogP contribution >= 0.6 is 11.6 Å². The number of hydrogen-bond acceptors (Lipinski definition) is 3. The van der Waals surface area contributed by atoms with Crippen LogP contribution in [0.4, 0.5) is 15.9 Å². The lowest BCUT2D eigenvalue weighted by Gasteiger charge is -2.08. The Morgan fingerprint density at radius 1 is 1.00 bits per heavy atom. The quantitative estimate of drug-likeness (QED) is 0.695. The van der Waals surface area contributed by atoms with Gasteiger partial charge in [0.15, 0.2) is 0 Å². The highest BCUT2D eigenvalue weighted by Crippen LogP contribution is 2.14. The minimum absolute atomic E-state index is 0.254. The highest BCUT2D eigenvalue weighted by atomic mass is 35.5. The summed E-state index contributed by atoms with van der Waals surface area (Å²) in [5.41, 5.74) is 2.26. The van der Waals surface area contributed by atoms with Crippen molar-refractivity contribution in [2.24, 2.45) is 0 Å². The van der Waals surface area contributed by atoms with Crippen LogP contribution in [-0.2, 0) is 6.54 Å². The minimum atomic E-state index is -0.258. The van der Waals surface area contributed by atoms with E-state index in [-0.39, 0.29) is 11.7 Å². The largest absolute Gasteiger partial charge is 0.380 e. The number of hydrogen-bond donors (Lipinski definition) is 2. The summed E-state index contributed by atoms with van der Waals surface area (Å²) in [7, 11) is 0. The number of halogens is 2. The fourth-order valence-corrected chi connectivity index (χ4v) is 2.29. The predicted molar refractivity (Wildman–Crippen MR) is 97.4 cm³/mol. The van der Waals surface area contributed by atoms with Crippen LogP contribution in [0.2, 0.25) is 5.02 Å². The van der Waals surface area contributed by atoms with Crippen molar-refractivity contribution in [1.29, 1.82) is 0 Å². The predicted octanol–water partition coefficient (Wildman–Crippen LogP) is 4.74. The molecule has 1 heterocycles. The van der Waals surface area contributed by atoms with Crippen molar-refractivity contribution in [3.05, 3.63) is 88.8 Å². The molecule has 0 saturated heterocycles. The third kappa shape index (κ3) is 4.78. The van der Waals surface area contributed by atoms with Crippen LogP contribution in [0.15, 0.2) is 66.9 Å². The van der Waals surface area contributed by atoms with Crippen LogP contribution in [0.25, 0.3) is 0 Å². The van der Waals surface area contributed by atoms with E-state index in [1.165, 1.54) is 12.1 Å². The molecule has 3 aromatic rings. The number of carbonyl (C=O) groups excluding carboxylic acids is 1. The zero-order chi connectivity index (χ0) is 17.6. The summed E-state index contributed by atoms with van der Waals surface area (Å²) in [6.07, 6.45) is 1.63. The lowest BCUT2D eigenvalue weighted by atomic mass is 10.2. The molecule has 0 aliphatic rings. The maximum absolute atomic E-state index is 12.9. The van der Waals surface area contributed by atoms with Crippen LogP contribution in [0.5, 0.6) is 0 Å². The Hall–Kier alpha value is -2.92. The molecule has 0 aliphatic heterocycles. The van der Waals surface area contributed by atoms with Gasteiger partial charge in [-0.2, -0.15) is 0 Å². The number of nitrogens with zero attached hydrogens (tertiary/aromatic N) is 1. The molecular formula is C19H15ClFN3O. The zero-order valence-corrected chi connectivity index (χ0v) is 13.9. The molecule has 25 heavy (non-hydrogen) atoms. The molecule has 0 atom stereocenters. The number of amides is 1. The fraction of sp³-hybridized carbons (Fsp3) is 0.0526. The summed E-state index contributed by atoms with van der Waals surface area (Å²) in [6, 6.07) is 16.4. The first-order chi connectivity index (χ1) is 12.1. The summed E-state index contributed by atoms with van der Waals surface area (Å²) in [5, 5.41) is 6.48. The Morgan fingerprint density at radius 2 is 1.72 bits per heavy atom. The first kappa shape index (κ1) is 16.9. The highest BCUT2D eigenvalue weighted by Gasteiger charge is 2.06. The third-order valence-electron chi connectivity index (χ3n) is 3.52. The van der Waals surface area contributed by atoms with Gasteiger partial charge in [-0.05, 0) is 54.1 Å². The molecule has 0 fully saturated rings. The Morgan fingerprint density at radius 3 is 2.36 bits per heavy atom. The van der Waals surface area contributed by atoms with Crippen molar-refractivity contribution < 1.29 is 9.18 Å². The van der Waals surface area contributed by atoms with Crippen LogP contribution < -0.4 is 10.6 Å². The first-order valence-corrected chi connectivity index (χ1v) is 7.99. The number of rotatable bonds is 5. The second-order valence-corrected chi connectivity index (χ2v) is 5.81. The van der Waals surface area contributed by atoms with E-state index in [4.69, 9.17) is 11.6 Å². The zero-order valence-electron chi connectivity index (χ0n) is 13.2. The molecule has 2 aromatic carbocycles. The van der Waals surface area contributed by atoms with Gasteiger partial charge in [0.2, 0.25) is 0 Å². The Bertz CT molecular complexity index is 849. The second kappa shape index (κ2) is 7.77. The van der Waals surface area contributed by atoms with Gasteiger partial charge in [-0.1, -0.05) is 23.7 Å². The van der Waals surface area contributed by atoms with Gasteiger partial charge < -0.3 is 10.6 Å². The number of pyridine rings is 1. The maximum Gasteiger partial charge on any atom is 0.256 e. The van der Waals surface area contributed by atoms with Crippen molar-refractivity contribution in [1.82, 2.24) is 4.98 Å². The van der Waals surface area contributed by atoms with Gasteiger partial charge in [0.05, 0.1) is 11.9 Å². The van der Waals surface area contributed by atoms with E-state index >= 15 is 0 Å². The van der Waals surface area contributed by atoms with Gasteiger partial charge in [-0.25, -0.2) is 9.37 Å². The lowest BCUT2D eigenvalue weighted by Crippen LogP contribution is -2.12. The van der Waals surface area contributed by atoms with E-state index in [0.29, 0.717) is 22.9 Å². The number of nitrogens with one attached hydrogen (secondary N) is 2. The van der Waals surface area contributed by atoms with Gasteiger partial charge in [0.25, 0.3) is 5.91 Å². The molecule has 2 N–H and O–H groups in total. The molecule has 6 heteroatoms. The van der Waals surface area contributed by atoms with E-state index in [0.717, 1.165) is 11.3 Å². The fourth-order valence-electron chi connectivity index (χ4n) is 2.17. The van der Waals surface area contributed by atoms with Crippen molar-refractivity contribution in [3.8, 4) is 0 Å². The monoisotopic (exact) mass is 355 g/mol. The normalized spacial score (nSPS) is 10.3. The maximum atomic E-state index is 12.9. The van der Waals surface area contributed by atoms with Gasteiger partial charge in [0, 0.05) is 17.1 Å². The minimum Gasteiger partial charge on any atom is -0.380 e. The molecule has 0 unspecified atom stereocenters. The summed E-state index contributed by atoms with van der Waals surface area (Å²) >= 11 is 5.81. The average Bonchev–Trinajstić information content (AvgIpc) is 2.63. The van der Waals surface area contributed by atoms with Crippen molar-refractivity contribution in [2.75, 3.05) is 10.6 Å². The molecule has 3 rings (SSSR count). The average molecular weight is 356 g/mol. The molecule has 126 valence electrons. The van der Waals surface area contributed by atoms with Crippen LogP contribution in [0.1, 0.15) is 15.9 Å². The molecular weight excluding hydrogens is 341 g/mol. The van der Waals surface area contributed by atoms with Crippen LogP contribution in [-0.4, -0.2) is 10.9 Å². The van der Waals surface area contributed by atoms with Gasteiger partial charge in [-0.15, -0.1) is 0 Å². The number of anilines is 2. The Labute approximate surface area is 149 Å². The van der Waals surface area contributed by atoms with Gasteiger partial charge >= 0.3 is 0 Å². The topological polar surface area (TPSA) is 54.0 Å². The molecule has 1 amide bonds.